The van der Waals surface area contributed by atoms with E-state index in [0.717, 1.165) is 5.69 Å². The van der Waals surface area contributed by atoms with Crippen molar-refractivity contribution in [2.24, 2.45) is 10.3 Å². The van der Waals surface area contributed by atoms with Crippen molar-refractivity contribution in [2.45, 2.75) is 0 Å². The Balaban J connectivity index is 2.54. The lowest BCUT2D eigenvalue weighted by Crippen LogP contribution is -1.86. The van der Waals surface area contributed by atoms with Crippen molar-refractivity contribution in [3.63, 3.8) is 0 Å². The molecule has 0 amide bonds. The lowest BCUT2D eigenvalue weighted by molar-refractivity contribution is 0.651. The van der Waals surface area contributed by atoms with Crippen molar-refractivity contribution < 1.29 is 0 Å². The fourth-order valence-electron chi connectivity index (χ4n) is 0.793. The molecule has 1 aromatic rings. The van der Waals surface area contributed by atoms with Gasteiger partial charge in [0.15, 0.2) is 5.82 Å². The first-order chi connectivity index (χ1) is 5.77. The Labute approximate surface area is 85.4 Å². The van der Waals surface area contributed by atoms with Gasteiger partial charge in [-0.05, 0) is 6.08 Å². The molecule has 0 fully saturated rings. The number of hydrogen-bond acceptors (Lipinski definition) is 4. The normalized spacial score (nSPS) is 14.7. The number of aromatic nitrogens is 2. The quantitative estimate of drug-likeness (QED) is 0.690. The Morgan fingerprint density at radius 3 is 3.00 bits per heavy atom. The summed E-state index contributed by atoms with van der Waals surface area (Å²) in [6.07, 6.45) is 5.15. The Bertz CT molecular complexity index is 355. The summed E-state index contributed by atoms with van der Waals surface area (Å²) in [6, 6.07) is 0. The molecule has 0 unspecified atom stereocenters. The molecule has 0 radical (unpaired) electrons. The second-order valence-corrected chi connectivity index (χ2v) is 3.55. The van der Waals surface area contributed by atoms with E-state index in [9.17, 15) is 0 Å². The van der Waals surface area contributed by atoms with E-state index in [1.165, 1.54) is 4.03 Å². The van der Waals surface area contributed by atoms with Crippen molar-refractivity contribution in [1.82, 2.24) is 12.6 Å². The third-order valence-electron chi connectivity index (χ3n) is 1.31. The zero-order chi connectivity index (χ0) is 8.55. The van der Waals surface area contributed by atoms with Gasteiger partial charge in [-0.15, -0.1) is 5.11 Å². The third kappa shape index (κ3) is 1.29. The molecule has 1 aliphatic heterocycles. The Hall–Kier alpha value is -0.690. The SMILES string of the molecule is BrN1C=Cc2ncn(Br)c2N=N1. The van der Waals surface area contributed by atoms with Gasteiger partial charge in [0, 0.05) is 6.20 Å². The van der Waals surface area contributed by atoms with Crippen LogP contribution in [0.15, 0.2) is 22.9 Å². The zero-order valence-electron chi connectivity index (χ0n) is 5.72. The highest BCUT2D eigenvalue weighted by molar-refractivity contribution is 9.08. The summed E-state index contributed by atoms with van der Waals surface area (Å²) in [4.78, 5) is 4.08. The molecule has 5 nitrogen and oxygen atoms in total. The highest BCUT2D eigenvalue weighted by Gasteiger charge is 2.09. The van der Waals surface area contributed by atoms with Crippen LogP contribution < -0.4 is 0 Å². The van der Waals surface area contributed by atoms with Crippen LogP contribution in [0.4, 0.5) is 5.82 Å². The number of nitrogens with zero attached hydrogens (tertiary/aromatic N) is 5. The third-order valence-corrected chi connectivity index (χ3v) is 2.21. The summed E-state index contributed by atoms with van der Waals surface area (Å²) in [7, 11) is 0. The fourth-order valence-corrected chi connectivity index (χ4v) is 1.33. The first-order valence-corrected chi connectivity index (χ1v) is 4.47. The van der Waals surface area contributed by atoms with Gasteiger partial charge in [0.05, 0.1) is 32.3 Å². The van der Waals surface area contributed by atoms with Gasteiger partial charge in [-0.3, -0.25) is 0 Å². The molecule has 0 saturated heterocycles. The van der Waals surface area contributed by atoms with Gasteiger partial charge in [0.25, 0.3) is 0 Å². The second-order valence-electron chi connectivity index (χ2n) is 2.06. The molecule has 0 bridgehead atoms. The highest BCUT2D eigenvalue weighted by Crippen LogP contribution is 2.25. The van der Waals surface area contributed by atoms with Gasteiger partial charge in [-0.25, -0.2) is 8.58 Å². The molecule has 2 heterocycles. The van der Waals surface area contributed by atoms with Gasteiger partial charge in [-0.2, -0.15) is 4.03 Å². The molecule has 1 aromatic heterocycles. The average Bonchev–Trinajstić information content (AvgIpc) is 2.28. The van der Waals surface area contributed by atoms with E-state index in [1.54, 1.807) is 16.1 Å². The topological polar surface area (TPSA) is 45.8 Å². The first-order valence-electron chi connectivity index (χ1n) is 3.06. The van der Waals surface area contributed by atoms with Gasteiger partial charge in [0.1, 0.15) is 12.0 Å². The molecule has 0 spiro atoms. The van der Waals surface area contributed by atoms with Crippen LogP contribution in [-0.2, 0) is 0 Å². The van der Waals surface area contributed by atoms with E-state index >= 15 is 0 Å². The molecule has 7 heteroatoms. The van der Waals surface area contributed by atoms with E-state index in [0.29, 0.717) is 5.82 Å². The summed E-state index contributed by atoms with van der Waals surface area (Å²) in [5.74, 6) is 0.674. The van der Waals surface area contributed by atoms with Crippen LogP contribution in [0.3, 0.4) is 0 Å². The summed E-state index contributed by atoms with van der Waals surface area (Å²) >= 11 is 6.38. The Morgan fingerprint density at radius 2 is 2.17 bits per heavy atom. The average molecular weight is 293 g/mol. The minimum atomic E-state index is 0.674. The smallest absolute Gasteiger partial charge is 0.194 e. The molecule has 0 atom stereocenters. The molecule has 1 aliphatic rings. The standard InChI is InChI=1S/C5H3Br2N5/c6-11-3-8-4-1-2-12(7)10-9-5(4)11/h1-3H. The van der Waals surface area contributed by atoms with Crippen LogP contribution in [-0.4, -0.2) is 12.6 Å². The van der Waals surface area contributed by atoms with Gasteiger partial charge in [-0.1, -0.05) is 5.22 Å². The maximum Gasteiger partial charge on any atom is 0.194 e. The van der Waals surface area contributed by atoms with Crippen molar-refractivity contribution in [2.75, 3.05) is 0 Å². The van der Waals surface area contributed by atoms with Crippen LogP contribution >= 0.6 is 32.3 Å². The van der Waals surface area contributed by atoms with E-state index in [4.69, 9.17) is 0 Å². The van der Waals surface area contributed by atoms with Crippen molar-refractivity contribution >= 4 is 44.2 Å². The monoisotopic (exact) mass is 291 g/mol. The Morgan fingerprint density at radius 1 is 1.33 bits per heavy atom. The lowest BCUT2D eigenvalue weighted by atomic mass is 10.4. The molecule has 0 saturated carbocycles. The molecule has 12 heavy (non-hydrogen) atoms. The number of imidazole rings is 1. The lowest BCUT2D eigenvalue weighted by Gasteiger charge is -1.95. The number of hydrogen-bond donors (Lipinski definition) is 0. The van der Waals surface area contributed by atoms with Gasteiger partial charge < -0.3 is 0 Å². The minimum Gasteiger partial charge on any atom is -0.247 e. The van der Waals surface area contributed by atoms with Gasteiger partial charge in [0.2, 0.25) is 0 Å². The molecule has 0 aromatic carbocycles. The van der Waals surface area contributed by atoms with Gasteiger partial charge >= 0.3 is 0 Å². The van der Waals surface area contributed by atoms with E-state index in [-0.39, 0.29) is 0 Å². The largest absolute Gasteiger partial charge is 0.247 e. The van der Waals surface area contributed by atoms with Crippen molar-refractivity contribution in [3.8, 4) is 0 Å². The molecular weight excluding hydrogens is 290 g/mol. The van der Waals surface area contributed by atoms with Crippen molar-refractivity contribution in [1.29, 1.82) is 0 Å². The predicted octanol–water partition coefficient (Wildman–Crippen LogP) is 2.64. The van der Waals surface area contributed by atoms with Crippen LogP contribution in [0.1, 0.15) is 5.69 Å². The van der Waals surface area contributed by atoms with E-state index in [1.807, 2.05) is 6.08 Å². The highest BCUT2D eigenvalue weighted by atomic mass is 79.9. The summed E-state index contributed by atoms with van der Waals surface area (Å²) in [5, 5.41) is 7.72. The fraction of sp³-hybridized carbons (Fsp3) is 0. The zero-order valence-corrected chi connectivity index (χ0v) is 8.90. The molecule has 2 rings (SSSR count). The Kier molecular flexibility index (Phi) is 1.97. The second kappa shape index (κ2) is 2.98. The van der Waals surface area contributed by atoms with Crippen LogP contribution in [0, 0.1) is 0 Å². The van der Waals surface area contributed by atoms with Crippen LogP contribution in [0.5, 0.6) is 0 Å². The molecular formula is C5H3Br2N5. The summed E-state index contributed by atoms with van der Waals surface area (Å²) < 4.78 is 3.06. The van der Waals surface area contributed by atoms with Crippen LogP contribution in [0.2, 0.25) is 0 Å². The number of rotatable bonds is 0. The first kappa shape index (κ1) is 7.93. The summed E-state index contributed by atoms with van der Waals surface area (Å²) in [5.41, 5.74) is 0.776. The molecule has 62 valence electrons. The van der Waals surface area contributed by atoms with E-state index in [2.05, 4.69) is 47.6 Å². The molecule has 0 N–H and O–H groups in total. The number of fused-ring (bicyclic) bond motifs is 1. The molecule has 0 aliphatic carbocycles. The van der Waals surface area contributed by atoms with Crippen LogP contribution in [0.25, 0.3) is 6.08 Å². The maximum absolute atomic E-state index is 4.08. The maximum atomic E-state index is 4.08. The number of halogens is 2. The predicted molar refractivity (Wildman–Crippen MR) is 50.9 cm³/mol. The van der Waals surface area contributed by atoms with E-state index < -0.39 is 0 Å². The summed E-state index contributed by atoms with van der Waals surface area (Å²) in [6.45, 7) is 0. The minimum absolute atomic E-state index is 0.674. The van der Waals surface area contributed by atoms with Crippen molar-refractivity contribution in [3.05, 3.63) is 18.2 Å².